The van der Waals surface area contributed by atoms with E-state index in [4.69, 9.17) is 11.6 Å². The van der Waals surface area contributed by atoms with Gasteiger partial charge in [0, 0.05) is 18.2 Å². The number of hydrogen-bond donors (Lipinski definition) is 2. The number of amides is 1. The summed E-state index contributed by atoms with van der Waals surface area (Å²) in [5.41, 5.74) is 0.416. The van der Waals surface area contributed by atoms with E-state index >= 15 is 0 Å². The molecule has 96 valence electrons. The van der Waals surface area contributed by atoms with E-state index in [1.807, 2.05) is 0 Å². The van der Waals surface area contributed by atoms with Crippen molar-refractivity contribution in [3.63, 3.8) is 0 Å². The second-order valence-electron chi connectivity index (χ2n) is 4.99. The Bertz CT molecular complexity index is 484. The fourth-order valence-electron chi connectivity index (χ4n) is 2.51. The maximum Gasteiger partial charge on any atom is 0.237 e. The van der Waals surface area contributed by atoms with Gasteiger partial charge in [-0.05, 0) is 24.8 Å². The molecule has 1 amide bonds. The highest BCUT2D eigenvalue weighted by molar-refractivity contribution is 6.30. The predicted octanol–water partition coefficient (Wildman–Crippen LogP) is 1.85. The van der Waals surface area contributed by atoms with Gasteiger partial charge in [0.15, 0.2) is 0 Å². The molecule has 1 aromatic carbocycles. The Hall–Kier alpha value is -1.13. The Kier molecular flexibility index (Phi) is 2.99. The predicted molar refractivity (Wildman–Crippen MR) is 66.7 cm³/mol. The van der Waals surface area contributed by atoms with Crippen LogP contribution >= 0.6 is 11.6 Å². The minimum Gasteiger partial charge on any atom is -0.351 e. The van der Waals surface area contributed by atoms with Crippen LogP contribution in [0.2, 0.25) is 5.02 Å². The van der Waals surface area contributed by atoms with Crippen LogP contribution in [0.5, 0.6) is 0 Å². The lowest BCUT2D eigenvalue weighted by Gasteiger charge is -2.13. The molecule has 2 N–H and O–H groups in total. The third kappa shape index (κ3) is 2.22. The monoisotopic (exact) mass is 268 g/mol. The number of piperidine rings is 1. The third-order valence-electron chi connectivity index (χ3n) is 3.68. The molecule has 1 aliphatic carbocycles. The molecule has 3 rings (SSSR count). The minimum absolute atomic E-state index is 0.0541. The van der Waals surface area contributed by atoms with Crippen molar-refractivity contribution in [1.82, 2.24) is 10.6 Å². The molecule has 0 radical (unpaired) electrons. The van der Waals surface area contributed by atoms with Crippen molar-refractivity contribution in [3.05, 3.63) is 34.6 Å². The van der Waals surface area contributed by atoms with Crippen LogP contribution in [-0.4, -0.2) is 18.0 Å². The highest BCUT2D eigenvalue weighted by Crippen LogP contribution is 2.40. The van der Waals surface area contributed by atoms with E-state index in [2.05, 4.69) is 10.6 Å². The van der Waals surface area contributed by atoms with Crippen molar-refractivity contribution in [2.24, 2.45) is 5.92 Å². The topological polar surface area (TPSA) is 41.1 Å². The van der Waals surface area contributed by atoms with E-state index in [-0.39, 0.29) is 23.5 Å². The van der Waals surface area contributed by atoms with Crippen LogP contribution in [0.3, 0.4) is 0 Å². The van der Waals surface area contributed by atoms with Gasteiger partial charge in [0.1, 0.15) is 5.82 Å². The molecule has 1 heterocycles. The quantitative estimate of drug-likeness (QED) is 0.878. The van der Waals surface area contributed by atoms with Crippen LogP contribution in [0.1, 0.15) is 18.4 Å². The maximum absolute atomic E-state index is 13.6. The van der Waals surface area contributed by atoms with Gasteiger partial charge in [0.25, 0.3) is 0 Å². The fourth-order valence-corrected chi connectivity index (χ4v) is 2.71. The van der Waals surface area contributed by atoms with Crippen LogP contribution in [0, 0.1) is 11.7 Å². The number of nitrogens with one attached hydrogen (secondary N) is 2. The smallest absolute Gasteiger partial charge is 0.237 e. The second-order valence-corrected chi connectivity index (χ2v) is 5.40. The maximum atomic E-state index is 13.6. The number of carbonyl (C=O) groups excluding carboxylic acids is 1. The van der Waals surface area contributed by atoms with E-state index in [1.54, 1.807) is 12.1 Å². The van der Waals surface area contributed by atoms with Gasteiger partial charge in [-0.25, -0.2) is 4.39 Å². The fraction of sp³-hybridized carbons (Fsp3) is 0.462. The third-order valence-corrected chi connectivity index (χ3v) is 3.97. The average molecular weight is 269 g/mol. The molecule has 5 heteroatoms. The van der Waals surface area contributed by atoms with Crippen molar-refractivity contribution < 1.29 is 9.18 Å². The molecule has 1 saturated heterocycles. The summed E-state index contributed by atoms with van der Waals surface area (Å²) in [5, 5.41) is 6.09. The van der Waals surface area contributed by atoms with Gasteiger partial charge in [-0.1, -0.05) is 23.7 Å². The Balaban J connectivity index is 1.57. The van der Waals surface area contributed by atoms with Crippen molar-refractivity contribution >= 4 is 17.5 Å². The van der Waals surface area contributed by atoms with Crippen LogP contribution < -0.4 is 10.6 Å². The zero-order chi connectivity index (χ0) is 12.7. The Morgan fingerprint density at radius 3 is 3.06 bits per heavy atom. The molecule has 1 aromatic rings. The molecule has 3 nitrogen and oxygen atoms in total. The number of fused-ring (bicyclic) bond motifs is 1. The summed E-state index contributed by atoms with van der Waals surface area (Å²) in [6.45, 7) is 0.179. The van der Waals surface area contributed by atoms with Gasteiger partial charge >= 0.3 is 0 Å². The number of carbonyl (C=O) groups is 1. The Labute approximate surface area is 110 Å². The van der Waals surface area contributed by atoms with Crippen molar-refractivity contribution in [2.75, 3.05) is 0 Å². The summed E-state index contributed by atoms with van der Waals surface area (Å²) in [6, 6.07) is 5.21. The first-order valence-electron chi connectivity index (χ1n) is 6.12. The second kappa shape index (κ2) is 4.52. The highest BCUT2D eigenvalue weighted by Gasteiger charge is 2.47. The zero-order valence-corrected chi connectivity index (χ0v) is 10.5. The average Bonchev–Trinajstić information content (AvgIpc) is 2.97. The van der Waals surface area contributed by atoms with Crippen LogP contribution in [0.25, 0.3) is 0 Å². The molecule has 18 heavy (non-hydrogen) atoms. The molecule has 3 atom stereocenters. The van der Waals surface area contributed by atoms with Gasteiger partial charge in [0.05, 0.1) is 11.1 Å². The van der Waals surface area contributed by atoms with E-state index < -0.39 is 5.82 Å². The number of halogens is 2. The Morgan fingerprint density at radius 1 is 1.50 bits per heavy atom. The molecular formula is C13H14ClFN2O. The van der Waals surface area contributed by atoms with E-state index in [1.165, 1.54) is 12.5 Å². The molecule has 2 aliphatic rings. The van der Waals surface area contributed by atoms with E-state index in [0.717, 1.165) is 6.42 Å². The minimum atomic E-state index is -0.457. The SMILES string of the molecule is O=C(NCc1cccc(Cl)c1F)[C@@H]1C[C@H]2C[C@H]2N1. The molecule has 0 aromatic heterocycles. The highest BCUT2D eigenvalue weighted by atomic mass is 35.5. The molecular weight excluding hydrogens is 255 g/mol. The standard InChI is InChI=1S/C13H14ClFN2O/c14-9-3-1-2-7(12(9)15)6-16-13(18)11-5-8-4-10(8)17-11/h1-3,8,10-11,17H,4-6H2,(H,16,18)/t8-,10-,11+/m1/s1. The first-order chi connectivity index (χ1) is 8.65. The first kappa shape index (κ1) is 11.9. The molecule has 1 aliphatic heterocycles. The number of hydrogen-bond acceptors (Lipinski definition) is 2. The summed E-state index contributed by atoms with van der Waals surface area (Å²) in [4.78, 5) is 11.9. The van der Waals surface area contributed by atoms with Crippen LogP contribution in [-0.2, 0) is 11.3 Å². The number of rotatable bonds is 3. The van der Waals surface area contributed by atoms with Crippen LogP contribution in [0.4, 0.5) is 4.39 Å². The van der Waals surface area contributed by atoms with Crippen molar-refractivity contribution in [3.8, 4) is 0 Å². The molecule has 0 bridgehead atoms. The van der Waals surface area contributed by atoms with Gasteiger partial charge in [-0.15, -0.1) is 0 Å². The van der Waals surface area contributed by atoms with Gasteiger partial charge < -0.3 is 10.6 Å². The Morgan fingerprint density at radius 2 is 2.33 bits per heavy atom. The zero-order valence-electron chi connectivity index (χ0n) is 9.75. The normalized spacial score (nSPS) is 28.9. The molecule has 0 spiro atoms. The summed E-state index contributed by atoms with van der Waals surface area (Å²) < 4.78 is 13.6. The van der Waals surface area contributed by atoms with E-state index in [0.29, 0.717) is 17.5 Å². The summed E-state index contributed by atoms with van der Waals surface area (Å²) in [5.74, 6) is 0.159. The lowest BCUT2D eigenvalue weighted by Crippen LogP contribution is -2.41. The summed E-state index contributed by atoms with van der Waals surface area (Å²) in [6.07, 6.45) is 2.08. The molecule has 2 fully saturated rings. The van der Waals surface area contributed by atoms with E-state index in [9.17, 15) is 9.18 Å². The lowest BCUT2D eigenvalue weighted by molar-refractivity contribution is -0.123. The number of benzene rings is 1. The van der Waals surface area contributed by atoms with Crippen molar-refractivity contribution in [1.29, 1.82) is 0 Å². The van der Waals surface area contributed by atoms with Crippen molar-refractivity contribution in [2.45, 2.75) is 31.5 Å². The lowest BCUT2D eigenvalue weighted by atomic mass is 10.1. The first-order valence-corrected chi connectivity index (χ1v) is 6.49. The van der Waals surface area contributed by atoms with Crippen LogP contribution in [0.15, 0.2) is 18.2 Å². The molecule has 1 saturated carbocycles. The van der Waals surface area contributed by atoms with Gasteiger partial charge in [-0.3, -0.25) is 4.79 Å². The van der Waals surface area contributed by atoms with Gasteiger partial charge in [-0.2, -0.15) is 0 Å². The summed E-state index contributed by atoms with van der Waals surface area (Å²) >= 11 is 5.68. The summed E-state index contributed by atoms with van der Waals surface area (Å²) in [7, 11) is 0. The largest absolute Gasteiger partial charge is 0.351 e. The molecule has 0 unspecified atom stereocenters. The van der Waals surface area contributed by atoms with Gasteiger partial charge in [0.2, 0.25) is 5.91 Å².